The number of rotatable bonds is 5. The van der Waals surface area contributed by atoms with E-state index in [1.165, 1.54) is 10.9 Å². The summed E-state index contributed by atoms with van der Waals surface area (Å²) in [6, 6.07) is 8.61. The Bertz CT molecular complexity index is 715. The van der Waals surface area contributed by atoms with Gasteiger partial charge in [-0.05, 0) is 26.3 Å². The summed E-state index contributed by atoms with van der Waals surface area (Å²) in [5.41, 5.74) is 3.41. The zero-order chi connectivity index (χ0) is 14.8. The molecule has 2 aromatic heterocycles. The number of H-pyrrole nitrogens is 1. The summed E-state index contributed by atoms with van der Waals surface area (Å²) in [4.78, 5) is 0. The lowest BCUT2D eigenvalue weighted by atomic mass is 10.0. The van der Waals surface area contributed by atoms with E-state index in [2.05, 4.69) is 48.4 Å². The van der Waals surface area contributed by atoms with Crippen LogP contribution in [0.2, 0.25) is 0 Å². The van der Waals surface area contributed by atoms with Gasteiger partial charge >= 0.3 is 0 Å². The highest BCUT2D eigenvalue weighted by Crippen LogP contribution is 2.31. The third-order valence-electron chi connectivity index (χ3n) is 4.00. The topological polar surface area (TPSA) is 53.9 Å². The minimum atomic E-state index is 0.150. The van der Waals surface area contributed by atoms with Gasteiger partial charge in [-0.1, -0.05) is 25.1 Å². The Hall–Kier alpha value is -2.07. The molecule has 4 nitrogen and oxygen atoms in total. The van der Waals surface area contributed by atoms with Crippen LogP contribution in [0.1, 0.15) is 49.7 Å². The van der Waals surface area contributed by atoms with E-state index < -0.39 is 0 Å². The Morgan fingerprint density at radius 3 is 2.76 bits per heavy atom. The van der Waals surface area contributed by atoms with Crippen LogP contribution < -0.4 is 5.32 Å². The van der Waals surface area contributed by atoms with E-state index in [0.717, 1.165) is 23.3 Å². The number of aromatic amines is 1. The summed E-state index contributed by atoms with van der Waals surface area (Å²) in [6.45, 7) is 6.45. The lowest BCUT2D eigenvalue weighted by Gasteiger charge is -2.18. The third-order valence-corrected chi connectivity index (χ3v) is 4.00. The maximum Gasteiger partial charge on any atom is 0.134 e. The summed E-state index contributed by atoms with van der Waals surface area (Å²) < 4.78 is 6.08. The van der Waals surface area contributed by atoms with Crippen molar-refractivity contribution in [2.45, 2.75) is 39.3 Å². The fourth-order valence-electron chi connectivity index (χ4n) is 2.88. The zero-order valence-electron chi connectivity index (χ0n) is 12.7. The number of hydrogen-bond acceptors (Lipinski definition) is 3. The molecule has 3 rings (SSSR count). The van der Waals surface area contributed by atoms with Crippen LogP contribution in [0.25, 0.3) is 11.0 Å². The van der Waals surface area contributed by atoms with Crippen molar-refractivity contribution in [3.63, 3.8) is 0 Å². The lowest BCUT2D eigenvalue weighted by Crippen LogP contribution is -2.22. The molecule has 0 saturated carbocycles. The van der Waals surface area contributed by atoms with Crippen molar-refractivity contribution in [1.29, 1.82) is 0 Å². The monoisotopic (exact) mass is 283 g/mol. The largest absolute Gasteiger partial charge is 0.459 e. The van der Waals surface area contributed by atoms with Gasteiger partial charge in [0, 0.05) is 28.8 Å². The highest BCUT2D eigenvalue weighted by molar-refractivity contribution is 5.82. The number of aromatic nitrogens is 2. The Labute approximate surface area is 124 Å². The van der Waals surface area contributed by atoms with Crippen LogP contribution in [-0.2, 0) is 6.42 Å². The summed E-state index contributed by atoms with van der Waals surface area (Å²) in [7, 11) is 0. The fraction of sp³-hybridized carbons (Fsp3) is 0.353. The quantitative estimate of drug-likeness (QED) is 0.740. The number of hydrogen-bond donors (Lipinski definition) is 2. The molecule has 21 heavy (non-hydrogen) atoms. The smallest absolute Gasteiger partial charge is 0.134 e. The number of nitrogens with zero attached hydrogens (tertiary/aromatic N) is 1. The van der Waals surface area contributed by atoms with Crippen LogP contribution in [0.4, 0.5) is 0 Å². The molecule has 1 aromatic carbocycles. The van der Waals surface area contributed by atoms with Crippen molar-refractivity contribution in [1.82, 2.24) is 15.5 Å². The highest BCUT2D eigenvalue weighted by atomic mass is 16.3. The van der Waals surface area contributed by atoms with Gasteiger partial charge in [0.25, 0.3) is 0 Å². The number of para-hydroxylation sites is 1. The molecule has 0 spiro atoms. The molecule has 2 N–H and O–H groups in total. The van der Waals surface area contributed by atoms with Crippen molar-refractivity contribution in [2.75, 3.05) is 0 Å². The maximum atomic E-state index is 6.08. The van der Waals surface area contributed by atoms with Gasteiger partial charge in [-0.3, -0.25) is 5.10 Å². The standard InChI is InChI=1S/C17H21N3O/c1-4-14-15-7-5-6-8-16(15)21-17(14)12(3)20-11(2)13-9-18-19-10-13/h5-12,20H,4H2,1-3H3,(H,18,19). The molecule has 0 radical (unpaired) electrons. The van der Waals surface area contributed by atoms with Crippen molar-refractivity contribution >= 4 is 11.0 Å². The van der Waals surface area contributed by atoms with Gasteiger partial charge in [0.2, 0.25) is 0 Å². The van der Waals surface area contributed by atoms with E-state index in [4.69, 9.17) is 4.42 Å². The van der Waals surface area contributed by atoms with E-state index in [1.54, 1.807) is 0 Å². The Morgan fingerprint density at radius 1 is 1.24 bits per heavy atom. The van der Waals surface area contributed by atoms with Crippen LogP contribution in [0.3, 0.4) is 0 Å². The van der Waals surface area contributed by atoms with Crippen molar-refractivity contribution in [3.05, 3.63) is 53.5 Å². The number of aryl methyl sites for hydroxylation is 1. The molecule has 4 heteroatoms. The van der Waals surface area contributed by atoms with Gasteiger partial charge < -0.3 is 9.73 Å². The summed E-state index contributed by atoms with van der Waals surface area (Å²) >= 11 is 0. The number of nitrogens with one attached hydrogen (secondary N) is 2. The van der Waals surface area contributed by atoms with Crippen molar-refractivity contribution in [2.24, 2.45) is 0 Å². The predicted octanol–water partition coefficient (Wildman–Crippen LogP) is 4.13. The van der Waals surface area contributed by atoms with Crippen LogP contribution in [0.5, 0.6) is 0 Å². The van der Waals surface area contributed by atoms with Crippen LogP contribution in [-0.4, -0.2) is 10.2 Å². The van der Waals surface area contributed by atoms with E-state index in [-0.39, 0.29) is 12.1 Å². The summed E-state index contributed by atoms with van der Waals surface area (Å²) in [5, 5.41) is 11.7. The molecule has 2 atom stereocenters. The molecule has 0 saturated heterocycles. The van der Waals surface area contributed by atoms with Crippen molar-refractivity contribution < 1.29 is 4.42 Å². The fourth-order valence-corrected chi connectivity index (χ4v) is 2.88. The first-order valence-electron chi connectivity index (χ1n) is 7.45. The van der Waals surface area contributed by atoms with Crippen LogP contribution >= 0.6 is 0 Å². The minimum Gasteiger partial charge on any atom is -0.459 e. The normalized spacial score (nSPS) is 14.4. The zero-order valence-corrected chi connectivity index (χ0v) is 12.7. The Kier molecular flexibility index (Phi) is 3.80. The third kappa shape index (κ3) is 2.59. The molecule has 0 aliphatic rings. The highest BCUT2D eigenvalue weighted by Gasteiger charge is 2.20. The molecular formula is C17H21N3O. The van der Waals surface area contributed by atoms with E-state index >= 15 is 0 Å². The number of furan rings is 1. The number of benzene rings is 1. The first-order valence-corrected chi connectivity index (χ1v) is 7.45. The molecule has 0 fully saturated rings. The Morgan fingerprint density at radius 2 is 2.05 bits per heavy atom. The molecule has 0 bridgehead atoms. The first kappa shape index (κ1) is 13.9. The SMILES string of the molecule is CCc1c(C(C)NC(C)c2cn[nH]c2)oc2ccccc12. The van der Waals surface area contributed by atoms with Gasteiger partial charge in [-0.15, -0.1) is 0 Å². The maximum absolute atomic E-state index is 6.08. The molecule has 2 unspecified atom stereocenters. The molecule has 3 aromatic rings. The van der Waals surface area contributed by atoms with Gasteiger partial charge in [0.05, 0.1) is 12.2 Å². The second-order valence-electron chi connectivity index (χ2n) is 5.44. The van der Waals surface area contributed by atoms with E-state index in [0.29, 0.717) is 0 Å². The molecular weight excluding hydrogens is 262 g/mol. The molecule has 110 valence electrons. The van der Waals surface area contributed by atoms with E-state index in [1.807, 2.05) is 24.5 Å². The van der Waals surface area contributed by atoms with Gasteiger partial charge in [-0.2, -0.15) is 5.10 Å². The van der Waals surface area contributed by atoms with Crippen LogP contribution in [0.15, 0.2) is 41.1 Å². The second kappa shape index (κ2) is 5.74. The second-order valence-corrected chi connectivity index (χ2v) is 5.44. The number of fused-ring (bicyclic) bond motifs is 1. The minimum absolute atomic E-state index is 0.150. The van der Waals surface area contributed by atoms with Gasteiger partial charge in [0.1, 0.15) is 11.3 Å². The lowest BCUT2D eigenvalue weighted by molar-refractivity contribution is 0.413. The Balaban J connectivity index is 1.89. The molecule has 0 aliphatic carbocycles. The molecule has 0 amide bonds. The first-order chi connectivity index (χ1) is 10.2. The van der Waals surface area contributed by atoms with Crippen molar-refractivity contribution in [3.8, 4) is 0 Å². The van der Waals surface area contributed by atoms with E-state index in [9.17, 15) is 0 Å². The van der Waals surface area contributed by atoms with Gasteiger partial charge in [0.15, 0.2) is 0 Å². The average Bonchev–Trinajstić information content (AvgIpc) is 3.14. The molecule has 0 aliphatic heterocycles. The predicted molar refractivity (Wildman–Crippen MR) is 84.1 cm³/mol. The average molecular weight is 283 g/mol. The molecule has 2 heterocycles. The van der Waals surface area contributed by atoms with Gasteiger partial charge in [-0.25, -0.2) is 0 Å². The summed E-state index contributed by atoms with van der Waals surface area (Å²) in [6.07, 6.45) is 4.74. The van der Waals surface area contributed by atoms with Crippen LogP contribution in [0, 0.1) is 0 Å². The summed E-state index contributed by atoms with van der Waals surface area (Å²) in [5.74, 6) is 1.04.